The topological polar surface area (TPSA) is 3.24 Å². The lowest BCUT2D eigenvalue weighted by Crippen LogP contribution is -2.64. The maximum absolute atomic E-state index is 6.33. The van der Waals surface area contributed by atoms with Gasteiger partial charge in [-0.05, 0) is 18.3 Å². The number of nitrogens with zero attached hydrogens (tertiary/aromatic N) is 1. The molecule has 19 heavy (non-hydrogen) atoms. The second kappa shape index (κ2) is 7.52. The van der Waals surface area contributed by atoms with Crippen LogP contribution < -0.4 is 0 Å². The molecular weight excluding hydrogens is 219 g/mol. The first-order valence-electron chi connectivity index (χ1n) is 7.32. The molecule has 0 bridgehead atoms. The molecule has 10 heteroatoms. The standard InChI is InChI=1S/C9H18B9N/c1-9(6-4-3-5-7-9)8-16(10)19(18(13)14)15(2)17(11)12/h3-8H2,1-2H3. The van der Waals surface area contributed by atoms with E-state index in [1.807, 2.05) is 11.5 Å². The molecule has 1 fully saturated rings. The summed E-state index contributed by atoms with van der Waals surface area (Å²) >= 11 is 0. The van der Waals surface area contributed by atoms with Gasteiger partial charge in [0.25, 0.3) is 0 Å². The molecule has 0 aliphatic heterocycles. The summed E-state index contributed by atoms with van der Waals surface area (Å²) in [5.41, 5.74) is 0.281. The average molecular weight is 238 g/mol. The maximum atomic E-state index is 6.33. The molecule has 0 spiro atoms. The summed E-state index contributed by atoms with van der Waals surface area (Å²) in [6, 6.07) is 0. The summed E-state index contributed by atoms with van der Waals surface area (Å²) in [7, 11) is 29.5. The molecule has 0 aromatic carbocycles. The number of rotatable bonds is 6. The molecule has 0 saturated heterocycles. The Morgan fingerprint density at radius 1 is 1.00 bits per heavy atom. The van der Waals surface area contributed by atoms with Crippen LogP contribution in [-0.4, -0.2) is 69.8 Å². The summed E-state index contributed by atoms with van der Waals surface area (Å²) in [6.07, 6.45) is 6.71. The minimum Gasteiger partial charge on any atom is -0.454 e. The molecule has 10 radical (unpaired) electrons. The first kappa shape index (κ1) is 17.6. The summed E-state index contributed by atoms with van der Waals surface area (Å²) < 4.78 is 1.84. The van der Waals surface area contributed by atoms with Gasteiger partial charge in [0, 0.05) is 45.1 Å². The van der Waals surface area contributed by atoms with Crippen molar-refractivity contribution in [3.05, 3.63) is 0 Å². The van der Waals surface area contributed by atoms with Gasteiger partial charge in [-0.3, -0.25) is 0 Å². The second-order valence-electron chi connectivity index (χ2n) is 6.40. The van der Waals surface area contributed by atoms with Crippen LogP contribution in [0.2, 0.25) is 13.1 Å². The Hall–Kier alpha value is 0.544. The second-order valence-corrected chi connectivity index (χ2v) is 6.40. The van der Waals surface area contributed by atoms with Crippen molar-refractivity contribution < 1.29 is 0 Å². The van der Waals surface area contributed by atoms with Gasteiger partial charge >= 0.3 is 0 Å². The number of hydrogen-bond donors (Lipinski definition) is 0. The lowest BCUT2D eigenvalue weighted by atomic mass is 8.93. The van der Waals surface area contributed by atoms with E-state index in [1.54, 1.807) is 0 Å². The molecule has 0 aromatic rings. The van der Waals surface area contributed by atoms with Gasteiger partial charge in [0.2, 0.25) is 0 Å². The van der Waals surface area contributed by atoms with E-state index in [-0.39, 0.29) is 18.9 Å². The first-order chi connectivity index (χ1) is 8.77. The summed E-state index contributed by atoms with van der Waals surface area (Å²) in [5.74, 6) is 0. The first-order valence-corrected chi connectivity index (χ1v) is 7.32. The van der Waals surface area contributed by atoms with Gasteiger partial charge in [-0.2, -0.15) is 0 Å². The Bertz CT molecular complexity index is 268. The SMILES string of the molecule is [B]B([B])B(C)N(B([B])[B])B([B])CC1(C)CCCCC1. The minimum atomic E-state index is -0.633. The van der Waals surface area contributed by atoms with Crippen LogP contribution in [0.15, 0.2) is 0 Å². The van der Waals surface area contributed by atoms with Gasteiger partial charge in [-0.1, -0.05) is 39.3 Å². The van der Waals surface area contributed by atoms with Gasteiger partial charge in [0.1, 0.15) is 13.5 Å². The summed E-state index contributed by atoms with van der Waals surface area (Å²) in [5, 5.41) is 0. The van der Waals surface area contributed by atoms with Gasteiger partial charge in [-0.15, -0.1) is 0 Å². The zero-order valence-electron chi connectivity index (χ0n) is 12.4. The van der Waals surface area contributed by atoms with Crippen LogP contribution in [0.1, 0.15) is 39.0 Å². The molecule has 0 heterocycles. The fourth-order valence-corrected chi connectivity index (χ4v) is 3.21. The number of hydrogen-bond acceptors (Lipinski definition) is 1. The van der Waals surface area contributed by atoms with Crippen LogP contribution in [0, 0.1) is 5.41 Å². The van der Waals surface area contributed by atoms with E-state index in [0.717, 1.165) is 6.32 Å². The highest BCUT2D eigenvalue weighted by molar-refractivity contribution is 7.59. The molecule has 0 aromatic heterocycles. The molecule has 86 valence electrons. The largest absolute Gasteiger partial charge is 0.454 e. The van der Waals surface area contributed by atoms with Gasteiger partial charge in [-0.25, -0.2) is 0 Å². The van der Waals surface area contributed by atoms with Crippen LogP contribution in [0.4, 0.5) is 0 Å². The molecule has 1 aliphatic carbocycles. The lowest BCUT2D eigenvalue weighted by molar-refractivity contribution is 0.242. The normalized spacial score (nSPS) is 18.1. The maximum Gasteiger partial charge on any atom is 0.145 e. The van der Waals surface area contributed by atoms with E-state index < -0.39 is 13.0 Å². The molecule has 1 saturated carbocycles. The van der Waals surface area contributed by atoms with Crippen molar-refractivity contribution in [1.82, 2.24) is 4.63 Å². The van der Waals surface area contributed by atoms with E-state index >= 15 is 0 Å². The zero-order valence-corrected chi connectivity index (χ0v) is 12.4. The quantitative estimate of drug-likeness (QED) is 0.577. The smallest absolute Gasteiger partial charge is 0.145 e. The Kier molecular flexibility index (Phi) is 6.97. The Balaban J connectivity index is 2.68. The van der Waals surface area contributed by atoms with E-state index in [1.165, 1.54) is 32.1 Å². The molecule has 1 rings (SSSR count). The van der Waals surface area contributed by atoms with E-state index in [0.29, 0.717) is 0 Å². The van der Waals surface area contributed by atoms with Crippen molar-refractivity contribution in [3.63, 3.8) is 0 Å². The highest BCUT2D eigenvalue weighted by atomic mass is 14.9. The third-order valence-electron chi connectivity index (χ3n) is 4.52. The fraction of sp³-hybridized carbons (Fsp3) is 1.00. The molecular formula is C9H18B9N. The highest BCUT2D eigenvalue weighted by Crippen LogP contribution is 2.40. The molecule has 0 N–H and O–H groups in total. The molecule has 1 nitrogen and oxygen atoms in total. The molecule has 0 amide bonds. The van der Waals surface area contributed by atoms with Gasteiger partial charge in [0.15, 0.2) is 0 Å². The van der Waals surface area contributed by atoms with Crippen molar-refractivity contribution in [3.8, 4) is 0 Å². The zero-order chi connectivity index (χ0) is 14.6. The minimum absolute atomic E-state index is 0.137. The van der Waals surface area contributed by atoms with Crippen molar-refractivity contribution in [2.45, 2.75) is 52.2 Å². The fourth-order valence-electron chi connectivity index (χ4n) is 3.21. The third-order valence-corrected chi connectivity index (χ3v) is 4.52. The highest BCUT2D eigenvalue weighted by Gasteiger charge is 2.35. The molecule has 0 atom stereocenters. The predicted molar refractivity (Wildman–Crippen MR) is 95.5 cm³/mol. The van der Waals surface area contributed by atoms with Crippen molar-refractivity contribution in [2.75, 3.05) is 0 Å². The third kappa shape index (κ3) is 5.10. The van der Waals surface area contributed by atoms with Crippen LogP contribution >= 0.6 is 0 Å². The van der Waals surface area contributed by atoms with Crippen LogP contribution in [0.25, 0.3) is 0 Å². The monoisotopic (exact) mass is 239 g/mol. The van der Waals surface area contributed by atoms with Crippen molar-refractivity contribution in [1.29, 1.82) is 0 Å². The van der Waals surface area contributed by atoms with E-state index in [9.17, 15) is 0 Å². The average Bonchev–Trinajstić information content (AvgIpc) is 2.28. The van der Waals surface area contributed by atoms with Crippen LogP contribution in [0.5, 0.6) is 0 Å². The Morgan fingerprint density at radius 3 is 1.95 bits per heavy atom. The lowest BCUT2D eigenvalue weighted by Gasteiger charge is -2.44. The van der Waals surface area contributed by atoms with Crippen LogP contribution in [-0.2, 0) is 0 Å². The summed E-state index contributed by atoms with van der Waals surface area (Å²) in [4.78, 5) is 0. The summed E-state index contributed by atoms with van der Waals surface area (Å²) in [6.45, 7) is 3.25. The van der Waals surface area contributed by atoms with Gasteiger partial charge < -0.3 is 4.63 Å². The van der Waals surface area contributed by atoms with Crippen molar-refractivity contribution >= 4 is 65.2 Å². The molecule has 1 aliphatic rings. The van der Waals surface area contributed by atoms with E-state index in [2.05, 4.69) is 6.92 Å². The van der Waals surface area contributed by atoms with Gasteiger partial charge in [0.05, 0.1) is 6.63 Å². The van der Waals surface area contributed by atoms with E-state index in [4.69, 9.17) is 38.7 Å². The Morgan fingerprint density at radius 2 is 1.53 bits per heavy atom. The van der Waals surface area contributed by atoms with Crippen LogP contribution in [0.3, 0.4) is 0 Å². The van der Waals surface area contributed by atoms with Crippen molar-refractivity contribution in [2.24, 2.45) is 5.41 Å². The molecule has 0 unspecified atom stereocenters. The Labute approximate surface area is 127 Å². The predicted octanol–water partition coefficient (Wildman–Crippen LogP) is -0.238.